The first-order chi connectivity index (χ1) is 8.72. The number of ether oxygens (including phenoxy) is 2. The zero-order chi connectivity index (χ0) is 12.7. The van der Waals surface area contributed by atoms with Gasteiger partial charge in [0.05, 0.1) is 24.8 Å². The van der Waals surface area contributed by atoms with Gasteiger partial charge in [0.15, 0.2) is 4.77 Å². The lowest BCUT2D eigenvalue weighted by Gasteiger charge is -2.16. The third kappa shape index (κ3) is 1.66. The first-order valence-electron chi connectivity index (χ1n) is 6.11. The summed E-state index contributed by atoms with van der Waals surface area (Å²) in [7, 11) is 1.67. The van der Waals surface area contributed by atoms with Crippen molar-refractivity contribution in [3.8, 4) is 5.75 Å². The Hall–Kier alpha value is -1.33. The van der Waals surface area contributed by atoms with Crippen molar-refractivity contribution in [2.45, 2.75) is 25.5 Å². The Morgan fingerprint density at radius 1 is 1.50 bits per heavy atom. The van der Waals surface area contributed by atoms with E-state index < -0.39 is 0 Å². The molecule has 1 N–H and O–H groups in total. The van der Waals surface area contributed by atoms with Gasteiger partial charge < -0.3 is 19.0 Å². The first kappa shape index (κ1) is 11.7. The average Bonchev–Trinajstić information content (AvgIpc) is 2.91. The van der Waals surface area contributed by atoms with E-state index in [0.29, 0.717) is 6.04 Å². The number of hydrogen-bond acceptors (Lipinski definition) is 3. The summed E-state index contributed by atoms with van der Waals surface area (Å²) < 4.78 is 13.9. The molecule has 2 aromatic rings. The maximum absolute atomic E-state index is 5.64. The van der Waals surface area contributed by atoms with Gasteiger partial charge in [-0.25, -0.2) is 0 Å². The van der Waals surface area contributed by atoms with Gasteiger partial charge in [-0.15, -0.1) is 0 Å². The molecule has 4 nitrogen and oxygen atoms in total. The molecule has 3 rings (SSSR count). The molecule has 5 heteroatoms. The first-order valence-corrected chi connectivity index (χ1v) is 6.52. The number of benzene rings is 1. The van der Waals surface area contributed by atoms with Crippen LogP contribution in [0, 0.1) is 4.77 Å². The van der Waals surface area contributed by atoms with Crippen molar-refractivity contribution in [1.29, 1.82) is 0 Å². The van der Waals surface area contributed by atoms with Gasteiger partial charge in [0.25, 0.3) is 0 Å². The van der Waals surface area contributed by atoms with E-state index in [9.17, 15) is 0 Å². The topological polar surface area (TPSA) is 39.2 Å². The summed E-state index contributed by atoms with van der Waals surface area (Å²) in [6, 6.07) is 6.29. The highest BCUT2D eigenvalue weighted by Gasteiger charge is 2.28. The van der Waals surface area contributed by atoms with Crippen molar-refractivity contribution >= 4 is 23.3 Å². The van der Waals surface area contributed by atoms with Crippen LogP contribution >= 0.6 is 12.2 Å². The lowest BCUT2D eigenvalue weighted by atomic mass is 10.1. The zero-order valence-electron chi connectivity index (χ0n) is 10.5. The van der Waals surface area contributed by atoms with Crippen molar-refractivity contribution in [3.05, 3.63) is 23.0 Å². The molecule has 1 aromatic carbocycles. The van der Waals surface area contributed by atoms with Crippen LogP contribution in [0.15, 0.2) is 18.2 Å². The fraction of sp³-hybridized carbons (Fsp3) is 0.462. The minimum absolute atomic E-state index is 0.196. The second-order valence-corrected chi connectivity index (χ2v) is 4.97. The molecule has 0 saturated carbocycles. The number of methoxy groups -OCH3 is 1. The van der Waals surface area contributed by atoms with Crippen LogP contribution in [0.2, 0.25) is 0 Å². The maximum Gasteiger partial charge on any atom is 0.178 e. The summed E-state index contributed by atoms with van der Waals surface area (Å²) >= 11 is 5.45. The minimum atomic E-state index is 0.196. The molecule has 1 aliphatic rings. The van der Waals surface area contributed by atoms with Crippen LogP contribution in [0.1, 0.15) is 19.4 Å². The van der Waals surface area contributed by atoms with E-state index >= 15 is 0 Å². The zero-order valence-corrected chi connectivity index (χ0v) is 11.3. The second kappa shape index (κ2) is 4.40. The standard InChI is InChI=1S/C13H16N2O2S/c1-8-9(6-7-17-8)15-10-4-3-5-11(16-2)12(10)14-13(15)18/h3-5,8-9H,6-7H2,1-2H3,(H,14,18). The molecular formula is C13H16N2O2S. The van der Waals surface area contributed by atoms with Gasteiger partial charge >= 0.3 is 0 Å². The van der Waals surface area contributed by atoms with Gasteiger partial charge in [0.2, 0.25) is 0 Å². The fourth-order valence-corrected chi connectivity index (χ4v) is 3.02. The van der Waals surface area contributed by atoms with Crippen LogP contribution in [-0.2, 0) is 4.74 Å². The Morgan fingerprint density at radius 3 is 3.00 bits per heavy atom. The quantitative estimate of drug-likeness (QED) is 0.847. The van der Waals surface area contributed by atoms with Crippen LogP contribution in [0.3, 0.4) is 0 Å². The number of H-pyrrole nitrogens is 1. The molecular weight excluding hydrogens is 248 g/mol. The smallest absolute Gasteiger partial charge is 0.178 e. The van der Waals surface area contributed by atoms with Gasteiger partial charge in [0.1, 0.15) is 11.3 Å². The number of aromatic nitrogens is 2. The molecule has 1 fully saturated rings. The Kier molecular flexibility index (Phi) is 2.87. The predicted octanol–water partition coefficient (Wildman–Crippen LogP) is 3.06. The number of imidazole rings is 1. The Morgan fingerprint density at radius 2 is 2.33 bits per heavy atom. The van der Waals surface area contributed by atoms with Crippen molar-refractivity contribution in [2.24, 2.45) is 0 Å². The third-order valence-electron chi connectivity index (χ3n) is 3.60. The van der Waals surface area contributed by atoms with Crippen LogP contribution < -0.4 is 4.74 Å². The lowest BCUT2D eigenvalue weighted by Crippen LogP contribution is -2.16. The number of hydrogen-bond donors (Lipinski definition) is 1. The molecule has 18 heavy (non-hydrogen) atoms. The molecule has 1 saturated heterocycles. The highest BCUT2D eigenvalue weighted by Crippen LogP contribution is 2.32. The average molecular weight is 264 g/mol. The third-order valence-corrected chi connectivity index (χ3v) is 3.90. The van der Waals surface area contributed by atoms with Gasteiger partial charge in [-0.1, -0.05) is 6.07 Å². The number of rotatable bonds is 2. The summed E-state index contributed by atoms with van der Waals surface area (Å²) in [5.74, 6) is 0.823. The van der Waals surface area contributed by atoms with Crippen molar-refractivity contribution in [3.63, 3.8) is 0 Å². The molecule has 96 valence electrons. The Labute approximate surface area is 111 Å². The molecule has 0 bridgehead atoms. The Balaban J connectivity index is 2.23. The van der Waals surface area contributed by atoms with E-state index in [0.717, 1.165) is 34.6 Å². The van der Waals surface area contributed by atoms with Crippen molar-refractivity contribution in [2.75, 3.05) is 13.7 Å². The SMILES string of the molecule is COc1cccc2c1[nH]c(=S)n2C1CCOC1C. The number of nitrogens with one attached hydrogen (secondary N) is 1. The molecule has 2 heterocycles. The van der Waals surface area contributed by atoms with Crippen LogP contribution in [0.25, 0.3) is 11.0 Å². The maximum atomic E-state index is 5.64. The monoisotopic (exact) mass is 264 g/mol. The van der Waals surface area contributed by atoms with E-state index in [1.54, 1.807) is 7.11 Å². The fourth-order valence-electron chi connectivity index (χ4n) is 2.68. The van der Waals surface area contributed by atoms with E-state index in [1.165, 1.54) is 0 Å². The minimum Gasteiger partial charge on any atom is -0.494 e. The van der Waals surface area contributed by atoms with E-state index in [1.807, 2.05) is 12.1 Å². The van der Waals surface area contributed by atoms with Gasteiger partial charge in [-0.2, -0.15) is 0 Å². The highest BCUT2D eigenvalue weighted by atomic mass is 32.1. The molecule has 2 atom stereocenters. The normalized spacial score (nSPS) is 23.7. The predicted molar refractivity (Wildman–Crippen MR) is 72.7 cm³/mol. The Bertz CT molecular complexity index is 631. The van der Waals surface area contributed by atoms with Crippen molar-refractivity contribution < 1.29 is 9.47 Å². The number of nitrogens with zero attached hydrogens (tertiary/aromatic N) is 1. The van der Waals surface area contributed by atoms with Crippen LogP contribution in [0.4, 0.5) is 0 Å². The molecule has 2 unspecified atom stereocenters. The van der Waals surface area contributed by atoms with E-state index in [2.05, 4.69) is 22.5 Å². The summed E-state index contributed by atoms with van der Waals surface area (Å²) in [5.41, 5.74) is 2.05. The molecule has 0 spiro atoms. The van der Waals surface area contributed by atoms with Gasteiger partial charge in [0, 0.05) is 6.61 Å². The molecule has 1 aliphatic heterocycles. The number of fused-ring (bicyclic) bond motifs is 1. The summed E-state index contributed by atoms with van der Waals surface area (Å²) in [4.78, 5) is 3.24. The molecule has 0 aliphatic carbocycles. The van der Waals surface area contributed by atoms with E-state index in [4.69, 9.17) is 21.7 Å². The molecule has 0 amide bonds. The second-order valence-electron chi connectivity index (χ2n) is 4.59. The highest BCUT2D eigenvalue weighted by molar-refractivity contribution is 7.71. The lowest BCUT2D eigenvalue weighted by molar-refractivity contribution is 0.108. The summed E-state index contributed by atoms with van der Waals surface area (Å²) in [6.45, 7) is 2.89. The van der Waals surface area contributed by atoms with E-state index in [-0.39, 0.29) is 6.10 Å². The van der Waals surface area contributed by atoms with Crippen LogP contribution in [-0.4, -0.2) is 29.4 Å². The number of para-hydroxylation sites is 1. The van der Waals surface area contributed by atoms with Gasteiger partial charge in [-0.3, -0.25) is 0 Å². The summed E-state index contributed by atoms with van der Waals surface area (Å²) in [6.07, 6.45) is 1.20. The van der Waals surface area contributed by atoms with Gasteiger partial charge in [-0.05, 0) is 37.7 Å². The molecule has 0 radical (unpaired) electrons. The summed E-state index contributed by atoms with van der Waals surface area (Å²) in [5, 5.41) is 0. The van der Waals surface area contributed by atoms with Crippen molar-refractivity contribution in [1.82, 2.24) is 9.55 Å². The molecule has 1 aromatic heterocycles. The largest absolute Gasteiger partial charge is 0.494 e. The number of aromatic amines is 1. The van der Waals surface area contributed by atoms with Crippen LogP contribution in [0.5, 0.6) is 5.75 Å².